The van der Waals surface area contributed by atoms with E-state index in [9.17, 15) is 19.8 Å². The summed E-state index contributed by atoms with van der Waals surface area (Å²) >= 11 is 1.27. The van der Waals surface area contributed by atoms with E-state index in [0.29, 0.717) is 4.88 Å². The number of aromatic carboxylic acids is 1. The van der Waals surface area contributed by atoms with Gasteiger partial charge in [0, 0.05) is 0 Å². The highest BCUT2D eigenvalue weighted by atomic mass is 32.1. The number of hydrogen-bond donors (Lipinski definition) is 3. The Morgan fingerprint density at radius 1 is 1.21 bits per heavy atom. The fraction of sp³-hybridized carbons (Fsp3) is 0.136. The van der Waals surface area contributed by atoms with Crippen molar-refractivity contribution in [3.05, 3.63) is 75.2 Å². The van der Waals surface area contributed by atoms with E-state index in [0.717, 1.165) is 28.1 Å². The molecule has 0 saturated heterocycles. The molecular formula is C22H18N2O4S. The molecule has 1 aromatic heterocycles. The zero-order chi connectivity index (χ0) is 20.5. The fourth-order valence-electron chi connectivity index (χ4n) is 3.41. The third-order valence-corrected chi connectivity index (χ3v) is 5.92. The summed E-state index contributed by atoms with van der Waals surface area (Å²) in [7, 11) is 0. The molecule has 4 rings (SSSR count). The van der Waals surface area contributed by atoms with Crippen LogP contribution in [0.5, 0.6) is 5.75 Å². The number of nitrogens with one attached hydrogen (secondary N) is 1. The minimum Gasteiger partial charge on any atom is -0.508 e. The van der Waals surface area contributed by atoms with Gasteiger partial charge in [0.2, 0.25) is 0 Å². The number of carboxylic acids is 1. The zero-order valence-electron chi connectivity index (χ0n) is 15.5. The summed E-state index contributed by atoms with van der Waals surface area (Å²) in [6.07, 6.45) is 4.34. The highest BCUT2D eigenvalue weighted by molar-refractivity contribution is 7.14. The minimum absolute atomic E-state index is 0.0362. The van der Waals surface area contributed by atoms with Crippen LogP contribution >= 0.6 is 11.3 Å². The molecule has 29 heavy (non-hydrogen) atoms. The Balaban J connectivity index is 1.59. The number of amides is 1. The number of carbonyl (C=O) groups is 2. The second-order valence-electron chi connectivity index (χ2n) is 6.92. The maximum atomic E-state index is 12.6. The minimum atomic E-state index is -1.10. The summed E-state index contributed by atoms with van der Waals surface area (Å²) in [5.41, 5.74) is 3.44. The number of fused-ring (bicyclic) bond motifs is 1. The first-order chi connectivity index (χ1) is 13.9. The van der Waals surface area contributed by atoms with E-state index >= 15 is 0 Å². The molecule has 1 aliphatic rings. The lowest BCUT2D eigenvalue weighted by molar-refractivity contribution is 0.0698. The van der Waals surface area contributed by atoms with Crippen LogP contribution in [0.15, 0.2) is 48.7 Å². The van der Waals surface area contributed by atoms with Gasteiger partial charge in [0.1, 0.15) is 15.6 Å². The molecule has 1 heterocycles. The topological polar surface area (TPSA) is 99.5 Å². The average molecular weight is 406 g/mol. The number of carbonyl (C=O) groups excluding carboxylic acids is 1. The maximum absolute atomic E-state index is 12.6. The molecule has 6 nitrogen and oxygen atoms in total. The lowest BCUT2D eigenvalue weighted by atomic mass is 9.85. The largest absolute Gasteiger partial charge is 0.508 e. The molecule has 2 aromatic carbocycles. The van der Waals surface area contributed by atoms with E-state index in [4.69, 9.17) is 0 Å². The molecule has 3 N–H and O–H groups in total. The van der Waals surface area contributed by atoms with Gasteiger partial charge in [-0.3, -0.25) is 4.79 Å². The van der Waals surface area contributed by atoms with Gasteiger partial charge in [-0.1, -0.05) is 25.1 Å². The molecule has 1 aliphatic carbocycles. The maximum Gasteiger partial charge on any atom is 0.337 e. The van der Waals surface area contributed by atoms with Crippen LogP contribution in [0.3, 0.4) is 0 Å². The quantitative estimate of drug-likeness (QED) is 0.591. The summed E-state index contributed by atoms with van der Waals surface area (Å²) in [4.78, 5) is 28.8. The third kappa shape index (κ3) is 3.77. The highest BCUT2D eigenvalue weighted by Gasteiger charge is 2.23. The van der Waals surface area contributed by atoms with Crippen LogP contribution in [0.25, 0.3) is 11.6 Å². The fourth-order valence-corrected chi connectivity index (χ4v) is 4.35. The van der Waals surface area contributed by atoms with Gasteiger partial charge < -0.3 is 15.5 Å². The Morgan fingerprint density at radius 2 is 2.00 bits per heavy atom. The van der Waals surface area contributed by atoms with Gasteiger partial charge in [0.05, 0.1) is 17.4 Å². The van der Waals surface area contributed by atoms with Gasteiger partial charge in [0.25, 0.3) is 5.91 Å². The molecule has 1 amide bonds. The van der Waals surface area contributed by atoms with Crippen molar-refractivity contribution in [2.75, 3.05) is 5.32 Å². The lowest BCUT2D eigenvalue weighted by Gasteiger charge is -2.21. The van der Waals surface area contributed by atoms with Crippen LogP contribution in [-0.4, -0.2) is 27.1 Å². The third-order valence-electron chi connectivity index (χ3n) is 4.88. The van der Waals surface area contributed by atoms with Crippen LogP contribution in [0, 0.1) is 5.92 Å². The predicted octanol–water partition coefficient (Wildman–Crippen LogP) is 4.53. The summed E-state index contributed by atoms with van der Waals surface area (Å²) in [6.45, 7) is 2.09. The molecule has 7 heteroatoms. The first kappa shape index (κ1) is 18.9. The van der Waals surface area contributed by atoms with E-state index < -0.39 is 11.9 Å². The van der Waals surface area contributed by atoms with E-state index in [1.807, 2.05) is 12.1 Å². The number of hydrogen-bond acceptors (Lipinski definition) is 5. The van der Waals surface area contributed by atoms with Gasteiger partial charge in [-0.2, -0.15) is 0 Å². The molecule has 0 spiro atoms. The number of aromatic nitrogens is 1. The molecule has 0 aliphatic heterocycles. The number of phenols is 1. The second-order valence-corrected chi connectivity index (χ2v) is 7.95. The highest BCUT2D eigenvalue weighted by Crippen LogP contribution is 2.37. The van der Waals surface area contributed by atoms with Crippen LogP contribution in [0.4, 0.5) is 5.69 Å². The number of nitrogens with zero attached hydrogens (tertiary/aromatic N) is 1. The Kier molecular flexibility index (Phi) is 4.90. The van der Waals surface area contributed by atoms with Gasteiger partial charge in [-0.05, 0) is 59.4 Å². The number of carboxylic acid groups (broad SMARTS) is 1. The molecular weight excluding hydrogens is 388 g/mol. The number of para-hydroxylation sites is 1. The van der Waals surface area contributed by atoms with Crippen LogP contribution < -0.4 is 5.32 Å². The smallest absolute Gasteiger partial charge is 0.337 e. The number of benzene rings is 2. The van der Waals surface area contributed by atoms with E-state index in [-0.39, 0.29) is 22.9 Å². The number of rotatable bonds is 4. The second kappa shape index (κ2) is 7.52. The van der Waals surface area contributed by atoms with Crippen molar-refractivity contribution < 1.29 is 19.8 Å². The standard InChI is InChI=1S/C22H18N2O4S/c1-12-8-14-9-15(25)7-6-13(14)10-17(12)21-23-11-19(29-21)20(26)24-18-5-3-2-4-16(18)22(27)28/h2-7,9-12,25H,8H2,1H3,(H,24,26)(H,27,28). The summed E-state index contributed by atoms with van der Waals surface area (Å²) in [6, 6.07) is 11.6. The van der Waals surface area contributed by atoms with E-state index in [1.165, 1.54) is 23.6 Å². The molecule has 0 bridgehead atoms. The summed E-state index contributed by atoms with van der Waals surface area (Å²) in [5, 5.41) is 22.4. The number of aromatic hydroxyl groups is 1. The van der Waals surface area contributed by atoms with Crippen LogP contribution in [-0.2, 0) is 6.42 Å². The number of allylic oxidation sites excluding steroid dienone is 1. The van der Waals surface area contributed by atoms with Crippen molar-refractivity contribution in [3.63, 3.8) is 0 Å². The molecule has 1 atom stereocenters. The first-order valence-electron chi connectivity index (χ1n) is 9.05. The summed E-state index contributed by atoms with van der Waals surface area (Å²) in [5.74, 6) is -1.05. The Morgan fingerprint density at radius 3 is 2.79 bits per heavy atom. The zero-order valence-corrected chi connectivity index (χ0v) is 16.4. The SMILES string of the molecule is CC1Cc2cc(O)ccc2C=C1c1ncc(C(=O)Nc2ccccc2C(=O)O)s1. The van der Waals surface area contributed by atoms with Crippen LogP contribution in [0.1, 0.15) is 43.1 Å². The van der Waals surface area contributed by atoms with Crippen molar-refractivity contribution >= 4 is 40.5 Å². The van der Waals surface area contributed by atoms with Crippen molar-refractivity contribution in [1.29, 1.82) is 0 Å². The van der Waals surface area contributed by atoms with Gasteiger partial charge in [0.15, 0.2) is 0 Å². The monoisotopic (exact) mass is 406 g/mol. The van der Waals surface area contributed by atoms with Crippen LogP contribution in [0.2, 0.25) is 0 Å². The summed E-state index contributed by atoms with van der Waals surface area (Å²) < 4.78 is 0. The lowest BCUT2D eigenvalue weighted by Crippen LogP contribution is -2.13. The van der Waals surface area contributed by atoms with Crippen molar-refractivity contribution in [1.82, 2.24) is 4.98 Å². The molecule has 0 fully saturated rings. The van der Waals surface area contributed by atoms with Gasteiger partial charge in [-0.25, -0.2) is 9.78 Å². The first-order valence-corrected chi connectivity index (χ1v) is 9.87. The van der Waals surface area contributed by atoms with Crippen molar-refractivity contribution in [3.8, 4) is 5.75 Å². The molecule has 3 aromatic rings. The van der Waals surface area contributed by atoms with Crippen molar-refractivity contribution in [2.45, 2.75) is 13.3 Å². The molecule has 0 radical (unpaired) electrons. The van der Waals surface area contributed by atoms with E-state index in [2.05, 4.69) is 17.2 Å². The molecule has 146 valence electrons. The number of phenolic OH excluding ortho intramolecular Hbond substituents is 1. The van der Waals surface area contributed by atoms with Gasteiger partial charge >= 0.3 is 5.97 Å². The molecule has 0 saturated carbocycles. The number of thiazole rings is 1. The predicted molar refractivity (Wildman–Crippen MR) is 112 cm³/mol. The Labute approximate surface area is 171 Å². The van der Waals surface area contributed by atoms with Crippen molar-refractivity contribution in [2.24, 2.45) is 5.92 Å². The van der Waals surface area contributed by atoms with Gasteiger partial charge in [-0.15, -0.1) is 11.3 Å². The Hall–Kier alpha value is -3.45. The molecule has 1 unspecified atom stereocenters. The Bertz CT molecular complexity index is 1150. The normalized spacial score (nSPS) is 15.3. The average Bonchev–Trinajstić information content (AvgIpc) is 3.17. The number of anilines is 1. The van der Waals surface area contributed by atoms with E-state index in [1.54, 1.807) is 30.3 Å².